The van der Waals surface area contributed by atoms with Crippen LogP contribution in [0.2, 0.25) is 5.02 Å². The van der Waals surface area contributed by atoms with Crippen molar-refractivity contribution in [2.45, 2.75) is 201 Å². The number of urea groups is 3. The number of amides is 6. The number of halogens is 4. The molecule has 3 aliphatic heterocycles. The van der Waals surface area contributed by atoms with Gasteiger partial charge in [0.2, 0.25) is 0 Å². The number of rotatable bonds is 23. The van der Waals surface area contributed by atoms with E-state index in [9.17, 15) is 27.6 Å². The topological polar surface area (TPSA) is 107 Å². The van der Waals surface area contributed by atoms with E-state index >= 15 is 0 Å². The molecule has 0 bridgehead atoms. The van der Waals surface area contributed by atoms with Gasteiger partial charge >= 0.3 is 24.3 Å². The van der Waals surface area contributed by atoms with Crippen LogP contribution in [0.25, 0.3) is 0 Å². The summed E-state index contributed by atoms with van der Waals surface area (Å²) < 4.78 is 39.2. The summed E-state index contributed by atoms with van der Waals surface area (Å²) in [4.78, 5) is 53.3. The Bertz CT molecular complexity index is 2990. The average molecular weight is 1300 g/mol. The van der Waals surface area contributed by atoms with Gasteiger partial charge in [0.05, 0.1) is 5.56 Å². The number of benzene rings is 6. The number of unbranched alkanes of at least 4 members (excludes halogenated alkanes) is 3. The molecular formula is C77H105ClF3N9O3. The third-order valence-corrected chi connectivity index (χ3v) is 18.7. The maximum Gasteiger partial charge on any atom is 0.416 e. The van der Waals surface area contributed by atoms with Gasteiger partial charge in [0, 0.05) is 111 Å². The number of hydrogen-bond acceptors (Lipinski definition) is 6. The van der Waals surface area contributed by atoms with E-state index < -0.39 is 11.7 Å². The first kappa shape index (κ1) is 73.5. The highest BCUT2D eigenvalue weighted by atomic mass is 35.5. The molecule has 12 nitrogen and oxygen atoms in total. The Labute approximate surface area is 559 Å². The second-order valence-corrected chi connectivity index (χ2v) is 26.5. The number of likely N-dealkylation sites (tertiary alicyclic amines) is 3. The first-order valence-corrected chi connectivity index (χ1v) is 34.7. The molecule has 9 rings (SSSR count). The zero-order valence-corrected chi connectivity index (χ0v) is 57.5. The van der Waals surface area contributed by atoms with Crippen LogP contribution in [-0.2, 0) is 25.8 Å². The van der Waals surface area contributed by atoms with Crippen molar-refractivity contribution in [3.8, 4) is 0 Å². The summed E-state index contributed by atoms with van der Waals surface area (Å²) in [7, 11) is 0. The van der Waals surface area contributed by atoms with Crippen LogP contribution in [0.3, 0.4) is 0 Å². The van der Waals surface area contributed by atoms with Crippen LogP contribution >= 0.6 is 11.6 Å². The molecule has 0 radical (unpaired) electrons. The van der Waals surface area contributed by atoms with E-state index in [4.69, 9.17) is 11.6 Å². The van der Waals surface area contributed by atoms with E-state index in [1.165, 1.54) is 69.1 Å². The Morgan fingerprint density at radius 1 is 0.473 bits per heavy atom. The highest BCUT2D eigenvalue weighted by Gasteiger charge is 2.34. The molecule has 0 aliphatic carbocycles. The van der Waals surface area contributed by atoms with E-state index in [0.717, 1.165) is 136 Å². The lowest BCUT2D eigenvalue weighted by Crippen LogP contribution is -2.50. The molecular weight excluding hydrogens is 1190 g/mol. The molecule has 3 aliphatic rings. The van der Waals surface area contributed by atoms with Crippen LogP contribution in [0.15, 0.2) is 152 Å². The maximum absolute atomic E-state index is 13.4. The lowest BCUT2D eigenvalue weighted by molar-refractivity contribution is -0.137. The molecule has 6 aromatic carbocycles. The molecule has 3 fully saturated rings. The molecule has 3 N–H and O–H groups in total. The number of nitrogens with one attached hydrogen (secondary N) is 3. The van der Waals surface area contributed by atoms with Crippen molar-refractivity contribution in [1.29, 1.82) is 0 Å². The molecule has 2 atom stereocenters. The zero-order chi connectivity index (χ0) is 66.7. The van der Waals surface area contributed by atoms with Crippen molar-refractivity contribution < 1.29 is 27.6 Å². The fourth-order valence-electron chi connectivity index (χ4n) is 13.3. The lowest BCUT2D eigenvalue weighted by atomic mass is 10.00. The zero-order valence-electron chi connectivity index (χ0n) is 56.7. The smallest absolute Gasteiger partial charge is 0.317 e. The minimum absolute atomic E-state index is 0.00362. The Morgan fingerprint density at radius 2 is 0.860 bits per heavy atom. The van der Waals surface area contributed by atoms with Crippen molar-refractivity contribution in [2.24, 2.45) is 0 Å². The van der Waals surface area contributed by atoms with Crippen LogP contribution in [0, 0.1) is 20.8 Å². The van der Waals surface area contributed by atoms with Crippen LogP contribution in [-0.4, -0.2) is 124 Å². The molecule has 0 aromatic heterocycles. The maximum atomic E-state index is 13.4. The second-order valence-electron chi connectivity index (χ2n) is 26.0. The van der Waals surface area contributed by atoms with Gasteiger partial charge in [-0.3, -0.25) is 0 Å². The number of nitrogens with zero attached hydrogens (tertiary/aromatic N) is 6. The number of piperidine rings is 3. The molecule has 93 heavy (non-hydrogen) atoms. The standard InChI is InChI=1S/C26H34F3N3O.C26H37N3O.C25H34ClN3O/c1-2-3-4-8-16-31-17-14-24(15-18-31)32(20-21-10-6-5-7-11-21)25(33)30-23-13-9-12-22(19-23)26(27,28)29;1-5-9-22(4)28-14-12-25(13-15-28)29(19-23-10-7-6-8-11-23)26(30)27-24-17-20(2)16-21(3)18-24;1-4-8-20(3)28-13-11-24(12-14-28)29(18-21-9-6-5-7-10-21)25(30)27-23-16-19(2)15-22(26)17-23/h5-7,9-13,19,24H,2-4,8,14-18,20H2,1H3,(H,30,33);6-8,10-11,16-18,22,25H,5,9,12-15,19H2,1-4H3,(H,27,30);5-7,9-10,15-17,20,24H,4,8,11-14,18H2,1-3H3,(H,27,30). The van der Waals surface area contributed by atoms with E-state index in [1.807, 2.05) is 109 Å². The van der Waals surface area contributed by atoms with E-state index in [1.54, 1.807) is 4.90 Å². The van der Waals surface area contributed by atoms with Gasteiger partial charge in [-0.25, -0.2) is 14.4 Å². The molecule has 0 spiro atoms. The summed E-state index contributed by atoms with van der Waals surface area (Å²) in [5.41, 5.74) is 7.70. The molecule has 0 saturated carbocycles. The van der Waals surface area contributed by atoms with Gasteiger partial charge in [0.15, 0.2) is 0 Å². The lowest BCUT2D eigenvalue weighted by Gasteiger charge is -2.40. The Morgan fingerprint density at radius 3 is 1.25 bits per heavy atom. The largest absolute Gasteiger partial charge is 0.416 e. The van der Waals surface area contributed by atoms with Gasteiger partial charge in [-0.05, 0) is 181 Å². The van der Waals surface area contributed by atoms with Gasteiger partial charge < -0.3 is 45.3 Å². The van der Waals surface area contributed by atoms with Crippen LogP contribution in [0.1, 0.15) is 163 Å². The Kier molecular flexibility index (Phi) is 29.9. The van der Waals surface area contributed by atoms with Crippen molar-refractivity contribution in [2.75, 3.05) is 61.8 Å². The fourth-order valence-corrected chi connectivity index (χ4v) is 13.6. The predicted molar refractivity (Wildman–Crippen MR) is 378 cm³/mol. The quantitative estimate of drug-likeness (QED) is 0.0552. The fraction of sp³-hybridized carbons (Fsp3) is 0.494. The van der Waals surface area contributed by atoms with Crippen molar-refractivity contribution in [1.82, 2.24) is 29.4 Å². The highest BCUT2D eigenvalue weighted by molar-refractivity contribution is 6.31. The first-order valence-electron chi connectivity index (χ1n) is 34.4. The summed E-state index contributed by atoms with van der Waals surface area (Å²) in [5, 5.41) is 9.60. The number of carbonyl (C=O) groups is 3. The molecule has 3 heterocycles. The Hall–Kier alpha value is -6.91. The summed E-state index contributed by atoms with van der Waals surface area (Å²) in [6, 6.07) is 48.3. The third kappa shape index (κ3) is 24.4. The van der Waals surface area contributed by atoms with Crippen molar-refractivity contribution >= 4 is 46.8 Å². The SMILES string of the molecule is CCCC(C)N1CCC(N(Cc2ccccc2)C(=O)Nc2cc(C)cc(C)c2)CC1.CCCC(C)N1CCC(N(Cc2ccccc2)C(=O)Nc2cc(C)cc(Cl)c2)CC1.CCCCCCN1CCC(N(Cc2ccccc2)C(=O)Nc2cccc(C(F)(F)F)c2)CC1. The molecule has 3 saturated heterocycles. The predicted octanol–water partition coefficient (Wildman–Crippen LogP) is 19.1. The molecule has 6 aromatic rings. The van der Waals surface area contributed by atoms with E-state index in [-0.39, 0.29) is 41.9 Å². The summed E-state index contributed by atoms with van der Waals surface area (Å²) >= 11 is 6.19. The number of aryl methyl sites for hydroxylation is 3. The van der Waals surface area contributed by atoms with Crippen LogP contribution in [0.5, 0.6) is 0 Å². The summed E-state index contributed by atoms with van der Waals surface area (Å²) in [6.07, 6.45) is 11.2. The van der Waals surface area contributed by atoms with Crippen molar-refractivity contribution in [3.63, 3.8) is 0 Å². The van der Waals surface area contributed by atoms with Gasteiger partial charge in [-0.2, -0.15) is 13.2 Å². The Balaban J connectivity index is 0.000000198. The molecule has 2 unspecified atom stereocenters. The van der Waals surface area contributed by atoms with Crippen molar-refractivity contribution in [3.05, 3.63) is 196 Å². The van der Waals surface area contributed by atoms with Gasteiger partial charge in [-0.15, -0.1) is 0 Å². The molecule has 6 amide bonds. The molecule has 16 heteroatoms. The minimum atomic E-state index is -4.45. The monoisotopic (exact) mass is 1300 g/mol. The normalized spacial score (nSPS) is 16.0. The van der Waals surface area contributed by atoms with E-state index in [0.29, 0.717) is 36.7 Å². The minimum Gasteiger partial charge on any atom is -0.317 e. The second kappa shape index (κ2) is 37.8. The van der Waals surface area contributed by atoms with Gasteiger partial charge in [-0.1, -0.05) is 168 Å². The van der Waals surface area contributed by atoms with Crippen LogP contribution in [0.4, 0.5) is 44.6 Å². The average Bonchev–Trinajstić information content (AvgIpc) is 0.995. The highest BCUT2D eigenvalue weighted by Crippen LogP contribution is 2.32. The first-order chi connectivity index (χ1) is 44.8. The summed E-state index contributed by atoms with van der Waals surface area (Å²) in [6.45, 7) is 26.3. The third-order valence-electron chi connectivity index (χ3n) is 18.4. The van der Waals surface area contributed by atoms with Gasteiger partial charge in [0.25, 0.3) is 0 Å². The summed E-state index contributed by atoms with van der Waals surface area (Å²) in [5.74, 6) is 0. The van der Waals surface area contributed by atoms with E-state index in [2.05, 4.69) is 114 Å². The van der Waals surface area contributed by atoms with Crippen LogP contribution < -0.4 is 16.0 Å². The number of alkyl halides is 3. The number of carbonyl (C=O) groups excluding carboxylic acids is 3. The molecule has 504 valence electrons. The van der Waals surface area contributed by atoms with Gasteiger partial charge in [0.1, 0.15) is 0 Å². The number of anilines is 3. The number of hydrogen-bond donors (Lipinski definition) is 3.